The lowest BCUT2D eigenvalue weighted by Crippen LogP contribution is -2.08. The molecular formula is C13H17ClOS. The zero-order valence-corrected chi connectivity index (χ0v) is 10.9. The number of Topliss-reactive ketones (excluding diaryl/α,β-unsaturated/α-hetero) is 1. The molecule has 1 heterocycles. The molecular weight excluding hydrogens is 240 g/mol. The number of thiophene rings is 1. The van der Waals surface area contributed by atoms with Crippen LogP contribution in [0.4, 0.5) is 0 Å². The molecule has 0 spiro atoms. The lowest BCUT2D eigenvalue weighted by atomic mass is 9.85. The van der Waals surface area contributed by atoms with Gasteiger partial charge in [0.25, 0.3) is 0 Å². The van der Waals surface area contributed by atoms with Crippen LogP contribution in [0.2, 0.25) is 5.02 Å². The second kappa shape index (κ2) is 5.83. The highest BCUT2D eigenvalue weighted by Crippen LogP contribution is 2.29. The molecule has 1 aliphatic carbocycles. The Morgan fingerprint density at radius 2 is 2.12 bits per heavy atom. The molecule has 1 aliphatic rings. The monoisotopic (exact) mass is 256 g/mol. The van der Waals surface area contributed by atoms with Gasteiger partial charge in [-0.25, -0.2) is 0 Å². The van der Waals surface area contributed by atoms with E-state index in [0.717, 1.165) is 17.2 Å². The average Bonchev–Trinajstić information content (AvgIpc) is 2.74. The van der Waals surface area contributed by atoms with Crippen molar-refractivity contribution in [2.75, 3.05) is 0 Å². The fourth-order valence-corrected chi connectivity index (χ4v) is 3.55. The first-order valence-corrected chi connectivity index (χ1v) is 7.29. The summed E-state index contributed by atoms with van der Waals surface area (Å²) in [5.41, 5.74) is 0. The molecule has 2 rings (SSSR count). The van der Waals surface area contributed by atoms with E-state index in [2.05, 4.69) is 0 Å². The Labute approximate surface area is 106 Å². The van der Waals surface area contributed by atoms with E-state index in [1.165, 1.54) is 43.4 Å². The van der Waals surface area contributed by atoms with Gasteiger partial charge in [-0.3, -0.25) is 4.79 Å². The van der Waals surface area contributed by atoms with Crippen LogP contribution in [0.5, 0.6) is 0 Å². The topological polar surface area (TPSA) is 17.1 Å². The van der Waals surface area contributed by atoms with E-state index in [9.17, 15) is 4.79 Å². The number of hydrogen-bond acceptors (Lipinski definition) is 2. The molecule has 1 aromatic heterocycles. The summed E-state index contributed by atoms with van der Waals surface area (Å²) in [6.45, 7) is 0. The maximum atomic E-state index is 11.9. The van der Waals surface area contributed by atoms with Crippen molar-refractivity contribution < 1.29 is 4.79 Å². The zero-order chi connectivity index (χ0) is 11.4. The van der Waals surface area contributed by atoms with Gasteiger partial charge in [-0.15, -0.1) is 11.3 Å². The molecule has 0 aromatic carbocycles. The Morgan fingerprint density at radius 1 is 1.38 bits per heavy atom. The smallest absolute Gasteiger partial charge is 0.174 e. The highest BCUT2D eigenvalue weighted by molar-refractivity contribution is 7.12. The first-order chi connectivity index (χ1) is 7.77. The molecule has 3 heteroatoms. The lowest BCUT2D eigenvalue weighted by molar-refractivity contribution is 0.0974. The van der Waals surface area contributed by atoms with E-state index < -0.39 is 0 Å². The van der Waals surface area contributed by atoms with Crippen molar-refractivity contribution in [2.24, 2.45) is 5.92 Å². The highest BCUT2D eigenvalue weighted by Gasteiger charge is 2.17. The van der Waals surface area contributed by atoms with Gasteiger partial charge in [0.2, 0.25) is 0 Å². The van der Waals surface area contributed by atoms with Crippen LogP contribution in [0.25, 0.3) is 0 Å². The van der Waals surface area contributed by atoms with E-state index in [1.807, 2.05) is 5.38 Å². The van der Waals surface area contributed by atoms with Crippen LogP contribution >= 0.6 is 22.9 Å². The molecule has 1 fully saturated rings. The summed E-state index contributed by atoms with van der Waals surface area (Å²) in [5, 5.41) is 2.51. The van der Waals surface area contributed by atoms with Gasteiger partial charge < -0.3 is 0 Å². The average molecular weight is 257 g/mol. The number of halogens is 1. The first-order valence-electron chi connectivity index (χ1n) is 6.03. The first kappa shape index (κ1) is 12.1. The van der Waals surface area contributed by atoms with Gasteiger partial charge in [-0.2, -0.15) is 0 Å². The molecule has 0 amide bonds. The summed E-state index contributed by atoms with van der Waals surface area (Å²) in [7, 11) is 0. The van der Waals surface area contributed by atoms with Crippen molar-refractivity contribution in [1.82, 2.24) is 0 Å². The summed E-state index contributed by atoms with van der Waals surface area (Å²) in [6, 6.07) is 1.81. The summed E-state index contributed by atoms with van der Waals surface area (Å²) < 4.78 is 0. The Kier molecular flexibility index (Phi) is 4.42. The molecule has 0 unspecified atom stereocenters. The van der Waals surface area contributed by atoms with Gasteiger partial charge in [-0.1, -0.05) is 43.7 Å². The van der Waals surface area contributed by atoms with Crippen LogP contribution in [-0.2, 0) is 0 Å². The second-order valence-electron chi connectivity index (χ2n) is 4.56. The van der Waals surface area contributed by atoms with Crippen molar-refractivity contribution in [1.29, 1.82) is 0 Å². The fourth-order valence-electron chi connectivity index (χ4n) is 2.42. The van der Waals surface area contributed by atoms with Crippen molar-refractivity contribution in [3.05, 3.63) is 21.3 Å². The van der Waals surface area contributed by atoms with Crippen LogP contribution in [0.15, 0.2) is 11.4 Å². The van der Waals surface area contributed by atoms with Crippen LogP contribution in [-0.4, -0.2) is 5.78 Å². The molecule has 88 valence electrons. The third-order valence-electron chi connectivity index (χ3n) is 3.37. The van der Waals surface area contributed by atoms with Crippen molar-refractivity contribution >= 4 is 28.7 Å². The second-order valence-corrected chi connectivity index (χ2v) is 5.89. The number of carbonyl (C=O) groups excluding carboxylic acids is 1. The molecule has 0 N–H and O–H groups in total. The van der Waals surface area contributed by atoms with Crippen LogP contribution in [0, 0.1) is 5.92 Å². The maximum absolute atomic E-state index is 11.9. The van der Waals surface area contributed by atoms with Crippen molar-refractivity contribution in [3.8, 4) is 0 Å². The van der Waals surface area contributed by atoms with E-state index >= 15 is 0 Å². The van der Waals surface area contributed by atoms with Gasteiger partial charge in [0.05, 0.1) is 9.90 Å². The molecule has 0 atom stereocenters. The van der Waals surface area contributed by atoms with Crippen molar-refractivity contribution in [2.45, 2.75) is 44.9 Å². The van der Waals surface area contributed by atoms with E-state index in [4.69, 9.17) is 11.6 Å². The predicted octanol–water partition coefficient (Wildman–Crippen LogP) is 4.94. The van der Waals surface area contributed by atoms with E-state index in [-0.39, 0.29) is 5.78 Å². The largest absolute Gasteiger partial charge is 0.293 e. The number of carbonyl (C=O) groups is 1. The third-order valence-corrected chi connectivity index (χ3v) is 4.76. The molecule has 0 radical (unpaired) electrons. The molecule has 16 heavy (non-hydrogen) atoms. The number of hydrogen-bond donors (Lipinski definition) is 0. The molecule has 1 saturated carbocycles. The quantitative estimate of drug-likeness (QED) is 0.697. The molecule has 1 nitrogen and oxygen atoms in total. The van der Waals surface area contributed by atoms with E-state index in [0.29, 0.717) is 11.4 Å². The summed E-state index contributed by atoms with van der Waals surface area (Å²) in [6.07, 6.45) is 8.41. The minimum Gasteiger partial charge on any atom is -0.293 e. The maximum Gasteiger partial charge on any atom is 0.174 e. The SMILES string of the molecule is O=C(CCC1CCCCC1)c1sccc1Cl. The van der Waals surface area contributed by atoms with Crippen LogP contribution in [0.1, 0.15) is 54.6 Å². The minimum atomic E-state index is 0.227. The summed E-state index contributed by atoms with van der Waals surface area (Å²) in [5.74, 6) is 1.00. The molecule has 0 aliphatic heterocycles. The zero-order valence-electron chi connectivity index (χ0n) is 9.38. The number of rotatable bonds is 4. The van der Waals surface area contributed by atoms with Gasteiger partial charge in [-0.05, 0) is 23.8 Å². The molecule has 0 bridgehead atoms. The third kappa shape index (κ3) is 3.08. The lowest BCUT2D eigenvalue weighted by Gasteiger charge is -2.20. The van der Waals surface area contributed by atoms with E-state index in [1.54, 1.807) is 6.07 Å². The minimum absolute atomic E-state index is 0.227. The predicted molar refractivity (Wildman–Crippen MR) is 69.5 cm³/mol. The summed E-state index contributed by atoms with van der Waals surface area (Å²) in [4.78, 5) is 12.6. The normalized spacial score (nSPS) is 17.6. The Balaban J connectivity index is 1.81. The standard InChI is InChI=1S/C13H17ClOS/c14-11-8-9-16-13(11)12(15)7-6-10-4-2-1-3-5-10/h8-10H,1-7H2. The van der Waals surface area contributed by atoms with Gasteiger partial charge in [0, 0.05) is 6.42 Å². The molecule has 0 saturated heterocycles. The Bertz CT molecular complexity index is 353. The van der Waals surface area contributed by atoms with Gasteiger partial charge >= 0.3 is 0 Å². The molecule has 1 aromatic rings. The summed E-state index contributed by atoms with van der Waals surface area (Å²) >= 11 is 7.41. The van der Waals surface area contributed by atoms with Gasteiger partial charge in [0.15, 0.2) is 5.78 Å². The van der Waals surface area contributed by atoms with Crippen LogP contribution < -0.4 is 0 Å². The van der Waals surface area contributed by atoms with Crippen LogP contribution in [0.3, 0.4) is 0 Å². The fraction of sp³-hybridized carbons (Fsp3) is 0.615. The van der Waals surface area contributed by atoms with Gasteiger partial charge in [0.1, 0.15) is 0 Å². The number of ketones is 1. The highest BCUT2D eigenvalue weighted by atomic mass is 35.5. The Hall–Kier alpha value is -0.340. The van der Waals surface area contributed by atoms with Crippen molar-refractivity contribution in [3.63, 3.8) is 0 Å². The Morgan fingerprint density at radius 3 is 2.75 bits per heavy atom.